The zero-order valence-electron chi connectivity index (χ0n) is 14.0. The van der Waals surface area contributed by atoms with Crippen LogP contribution in [0.1, 0.15) is 15.2 Å². The monoisotopic (exact) mass is 380 g/mol. The van der Waals surface area contributed by atoms with Crippen LogP contribution < -0.4 is 10.6 Å². The second-order valence-electron chi connectivity index (χ2n) is 6.03. The first-order valence-corrected chi connectivity index (χ1v) is 9.99. The summed E-state index contributed by atoms with van der Waals surface area (Å²) in [6, 6.07) is 15.7. The van der Waals surface area contributed by atoms with Crippen LogP contribution in [-0.4, -0.2) is 17.6 Å². The van der Waals surface area contributed by atoms with E-state index < -0.39 is 0 Å². The van der Waals surface area contributed by atoms with Crippen LogP contribution >= 0.6 is 23.1 Å². The molecule has 0 unspecified atom stereocenters. The van der Waals surface area contributed by atoms with Gasteiger partial charge in [-0.1, -0.05) is 29.8 Å². The standard InChI is InChI=1S/C20H16N2O2S2/c1-12-2-4-13(5-3-12)15-8-9-25-19(15)20(24)21-14-6-7-17-16(10-14)22-18(23)11-26-17/h2-10H,11H2,1H3,(H,21,24)(H,22,23). The Hall–Kier alpha value is -2.57. The maximum Gasteiger partial charge on any atom is 0.266 e. The topological polar surface area (TPSA) is 58.2 Å². The Morgan fingerprint density at radius 3 is 2.73 bits per heavy atom. The molecule has 2 N–H and O–H groups in total. The van der Waals surface area contributed by atoms with Gasteiger partial charge in [-0.2, -0.15) is 0 Å². The van der Waals surface area contributed by atoms with Gasteiger partial charge in [-0.05, 0) is 42.1 Å². The van der Waals surface area contributed by atoms with E-state index in [1.165, 1.54) is 28.7 Å². The number of carbonyl (C=O) groups excluding carboxylic acids is 2. The first-order valence-electron chi connectivity index (χ1n) is 8.13. The number of hydrogen-bond donors (Lipinski definition) is 2. The van der Waals surface area contributed by atoms with Crippen molar-refractivity contribution in [3.05, 3.63) is 64.4 Å². The van der Waals surface area contributed by atoms with Crippen LogP contribution in [0, 0.1) is 6.92 Å². The molecule has 0 spiro atoms. The van der Waals surface area contributed by atoms with E-state index in [9.17, 15) is 9.59 Å². The van der Waals surface area contributed by atoms with Crippen LogP contribution in [0.3, 0.4) is 0 Å². The molecule has 0 fully saturated rings. The Morgan fingerprint density at radius 1 is 1.12 bits per heavy atom. The summed E-state index contributed by atoms with van der Waals surface area (Å²) in [6.45, 7) is 2.04. The van der Waals surface area contributed by atoms with E-state index in [0.717, 1.165) is 21.7 Å². The number of benzene rings is 2. The highest BCUT2D eigenvalue weighted by molar-refractivity contribution is 8.00. The second-order valence-corrected chi connectivity index (χ2v) is 7.96. The van der Waals surface area contributed by atoms with E-state index >= 15 is 0 Å². The Balaban J connectivity index is 1.58. The number of fused-ring (bicyclic) bond motifs is 1. The average molecular weight is 380 g/mol. The van der Waals surface area contributed by atoms with Crippen molar-refractivity contribution in [3.63, 3.8) is 0 Å². The van der Waals surface area contributed by atoms with Crippen molar-refractivity contribution in [1.82, 2.24) is 0 Å². The van der Waals surface area contributed by atoms with Crippen LogP contribution in [0.5, 0.6) is 0 Å². The van der Waals surface area contributed by atoms with Crippen LogP contribution in [0.25, 0.3) is 11.1 Å². The zero-order valence-corrected chi connectivity index (χ0v) is 15.7. The van der Waals surface area contributed by atoms with Gasteiger partial charge in [0.1, 0.15) is 0 Å². The number of thiophene rings is 1. The lowest BCUT2D eigenvalue weighted by atomic mass is 10.0. The van der Waals surface area contributed by atoms with Crippen molar-refractivity contribution >= 4 is 46.3 Å². The lowest BCUT2D eigenvalue weighted by molar-refractivity contribution is -0.113. The highest BCUT2D eigenvalue weighted by Gasteiger charge is 2.18. The normalized spacial score (nSPS) is 13.0. The molecule has 130 valence electrons. The van der Waals surface area contributed by atoms with Gasteiger partial charge in [0.05, 0.1) is 16.3 Å². The molecule has 1 aromatic heterocycles. The van der Waals surface area contributed by atoms with Gasteiger partial charge in [0.25, 0.3) is 5.91 Å². The number of nitrogens with one attached hydrogen (secondary N) is 2. The first-order chi connectivity index (χ1) is 12.6. The maximum atomic E-state index is 12.8. The summed E-state index contributed by atoms with van der Waals surface area (Å²) in [5.74, 6) is 0.254. The van der Waals surface area contributed by atoms with E-state index in [0.29, 0.717) is 16.3 Å². The summed E-state index contributed by atoms with van der Waals surface area (Å²) in [7, 11) is 0. The summed E-state index contributed by atoms with van der Waals surface area (Å²) in [6.07, 6.45) is 0. The van der Waals surface area contributed by atoms with Crippen LogP contribution in [-0.2, 0) is 4.79 Å². The van der Waals surface area contributed by atoms with E-state index in [-0.39, 0.29) is 11.8 Å². The Kier molecular flexibility index (Phi) is 4.53. The third-order valence-electron chi connectivity index (χ3n) is 4.10. The minimum absolute atomic E-state index is 0.0223. The smallest absolute Gasteiger partial charge is 0.266 e. The number of aryl methyl sites for hydroxylation is 1. The molecule has 26 heavy (non-hydrogen) atoms. The molecule has 3 aromatic rings. The van der Waals surface area contributed by atoms with Gasteiger partial charge < -0.3 is 10.6 Å². The molecule has 0 radical (unpaired) electrons. The van der Waals surface area contributed by atoms with Crippen molar-refractivity contribution in [1.29, 1.82) is 0 Å². The quantitative estimate of drug-likeness (QED) is 0.671. The third kappa shape index (κ3) is 3.38. The number of rotatable bonds is 3. The van der Waals surface area contributed by atoms with Crippen molar-refractivity contribution in [2.24, 2.45) is 0 Å². The molecule has 0 bridgehead atoms. The predicted octanol–water partition coefficient (Wildman–Crippen LogP) is 5.02. The summed E-state index contributed by atoms with van der Waals surface area (Å²) in [5, 5.41) is 7.71. The number of thioether (sulfide) groups is 1. The predicted molar refractivity (Wildman–Crippen MR) is 108 cm³/mol. The highest BCUT2D eigenvalue weighted by Crippen LogP contribution is 2.34. The molecule has 2 amide bonds. The molecular weight excluding hydrogens is 364 g/mol. The van der Waals surface area contributed by atoms with Crippen molar-refractivity contribution in [3.8, 4) is 11.1 Å². The molecule has 0 atom stereocenters. The van der Waals surface area contributed by atoms with Gasteiger partial charge in [0, 0.05) is 16.1 Å². The number of carbonyl (C=O) groups is 2. The van der Waals surface area contributed by atoms with Crippen molar-refractivity contribution in [2.75, 3.05) is 16.4 Å². The van der Waals surface area contributed by atoms with Crippen LogP contribution in [0.4, 0.5) is 11.4 Å². The van der Waals surface area contributed by atoms with Gasteiger partial charge in [-0.3, -0.25) is 9.59 Å². The summed E-state index contributed by atoms with van der Waals surface area (Å²) >= 11 is 2.92. The molecule has 4 nitrogen and oxygen atoms in total. The number of amides is 2. The van der Waals surface area contributed by atoms with Crippen LogP contribution in [0.2, 0.25) is 0 Å². The molecule has 6 heteroatoms. The average Bonchev–Trinajstić information content (AvgIpc) is 3.12. The van der Waals surface area contributed by atoms with Crippen molar-refractivity contribution < 1.29 is 9.59 Å². The summed E-state index contributed by atoms with van der Waals surface area (Å²) < 4.78 is 0. The zero-order chi connectivity index (χ0) is 18.1. The molecular formula is C20H16N2O2S2. The maximum absolute atomic E-state index is 12.8. The SMILES string of the molecule is Cc1ccc(-c2ccsc2C(=O)Nc2ccc3c(c2)NC(=O)CS3)cc1. The number of anilines is 2. The van der Waals surface area contributed by atoms with E-state index in [1.54, 1.807) is 6.07 Å². The summed E-state index contributed by atoms with van der Waals surface area (Å²) in [5.41, 5.74) is 4.54. The fraction of sp³-hybridized carbons (Fsp3) is 0.100. The number of hydrogen-bond acceptors (Lipinski definition) is 4. The largest absolute Gasteiger partial charge is 0.324 e. The van der Waals surface area contributed by atoms with Crippen LogP contribution in [0.15, 0.2) is 58.8 Å². The minimum atomic E-state index is -0.148. The molecule has 0 aliphatic carbocycles. The van der Waals surface area contributed by atoms with E-state index in [1.807, 2.05) is 54.8 Å². The highest BCUT2D eigenvalue weighted by atomic mass is 32.2. The molecule has 4 rings (SSSR count). The third-order valence-corrected chi connectivity index (χ3v) is 6.09. The molecule has 2 aromatic carbocycles. The fourth-order valence-corrected chi connectivity index (χ4v) is 4.39. The van der Waals surface area contributed by atoms with Crippen molar-refractivity contribution in [2.45, 2.75) is 11.8 Å². The second kappa shape index (κ2) is 6.97. The molecule has 0 saturated heterocycles. The van der Waals surface area contributed by atoms with Gasteiger partial charge in [-0.25, -0.2) is 0 Å². The van der Waals surface area contributed by atoms with E-state index in [2.05, 4.69) is 10.6 Å². The molecule has 1 aliphatic heterocycles. The minimum Gasteiger partial charge on any atom is -0.324 e. The summed E-state index contributed by atoms with van der Waals surface area (Å²) in [4.78, 5) is 26.0. The Bertz CT molecular complexity index is 993. The van der Waals surface area contributed by atoms with Gasteiger partial charge in [-0.15, -0.1) is 23.1 Å². The first kappa shape index (κ1) is 16.9. The lowest BCUT2D eigenvalue weighted by Gasteiger charge is -2.17. The van der Waals surface area contributed by atoms with Gasteiger partial charge >= 0.3 is 0 Å². The van der Waals surface area contributed by atoms with Gasteiger partial charge in [0.2, 0.25) is 5.91 Å². The van der Waals surface area contributed by atoms with Gasteiger partial charge in [0.15, 0.2) is 0 Å². The molecule has 2 heterocycles. The molecule has 0 saturated carbocycles. The Morgan fingerprint density at radius 2 is 1.92 bits per heavy atom. The van der Waals surface area contributed by atoms with E-state index in [4.69, 9.17) is 0 Å². The molecule has 1 aliphatic rings. The lowest BCUT2D eigenvalue weighted by Crippen LogP contribution is -2.19. The Labute approximate surface area is 159 Å². The fourth-order valence-electron chi connectivity index (χ4n) is 2.79.